The third-order valence-corrected chi connectivity index (χ3v) is 2.73. The summed E-state index contributed by atoms with van der Waals surface area (Å²) in [6, 6.07) is 1.16. The lowest BCUT2D eigenvalue weighted by atomic mass is 10.1. The van der Waals surface area contributed by atoms with E-state index >= 15 is 0 Å². The second-order valence-electron chi connectivity index (χ2n) is 4.12. The first-order valence-electron chi connectivity index (χ1n) is 5.48. The lowest BCUT2D eigenvalue weighted by Gasteiger charge is -2.30. The zero-order chi connectivity index (χ0) is 12.5. The minimum atomic E-state index is -4.35. The van der Waals surface area contributed by atoms with E-state index in [4.69, 9.17) is 0 Å². The summed E-state index contributed by atoms with van der Waals surface area (Å²) in [7, 11) is 0. The van der Waals surface area contributed by atoms with Crippen LogP contribution in [0.1, 0.15) is 11.1 Å². The fourth-order valence-corrected chi connectivity index (χ4v) is 1.90. The van der Waals surface area contributed by atoms with Crippen LogP contribution in [0.2, 0.25) is 0 Å². The van der Waals surface area contributed by atoms with E-state index in [1.54, 1.807) is 11.8 Å². The molecule has 1 aromatic heterocycles. The molecule has 1 saturated heterocycles. The Morgan fingerprint density at radius 3 is 2.44 bits per heavy atom. The number of aromatic nitrogens is 1. The van der Waals surface area contributed by atoms with Crippen LogP contribution in [0.3, 0.4) is 0 Å². The van der Waals surface area contributed by atoms with Crippen LogP contribution in [0.25, 0.3) is 0 Å². The molecule has 0 spiro atoms. The van der Waals surface area contributed by atoms with Crippen LogP contribution in [0.15, 0.2) is 12.3 Å². The zero-order valence-corrected chi connectivity index (χ0v) is 10.7. The number of hydrogen-bond acceptors (Lipinski definition) is 3. The molecule has 0 atom stereocenters. The van der Waals surface area contributed by atoms with Gasteiger partial charge in [-0.05, 0) is 18.6 Å². The third kappa shape index (κ3) is 3.26. The van der Waals surface area contributed by atoms with E-state index in [0.29, 0.717) is 31.7 Å². The van der Waals surface area contributed by atoms with Gasteiger partial charge in [-0.1, -0.05) is 0 Å². The highest BCUT2D eigenvalue weighted by Gasteiger charge is 2.36. The van der Waals surface area contributed by atoms with Crippen LogP contribution in [0.4, 0.5) is 19.0 Å². The predicted octanol–water partition coefficient (Wildman–Crippen LogP) is 2.24. The molecule has 1 aromatic rings. The molecule has 0 amide bonds. The second kappa shape index (κ2) is 5.75. The molecule has 2 heterocycles. The highest BCUT2D eigenvalue weighted by atomic mass is 35.5. The van der Waals surface area contributed by atoms with Crippen molar-refractivity contribution in [3.8, 4) is 0 Å². The summed E-state index contributed by atoms with van der Waals surface area (Å²) in [5.41, 5.74) is -0.115. The van der Waals surface area contributed by atoms with Crippen molar-refractivity contribution in [1.29, 1.82) is 0 Å². The van der Waals surface area contributed by atoms with Crippen LogP contribution < -0.4 is 10.2 Å². The molecule has 0 unspecified atom stereocenters. The van der Waals surface area contributed by atoms with Crippen LogP contribution in [-0.2, 0) is 6.18 Å². The maximum Gasteiger partial charge on any atom is 0.419 e. The average molecular weight is 282 g/mol. The highest BCUT2D eigenvalue weighted by molar-refractivity contribution is 5.85. The van der Waals surface area contributed by atoms with Crippen molar-refractivity contribution in [2.24, 2.45) is 0 Å². The first-order valence-corrected chi connectivity index (χ1v) is 5.48. The lowest BCUT2D eigenvalue weighted by Crippen LogP contribution is -2.44. The van der Waals surface area contributed by atoms with Gasteiger partial charge >= 0.3 is 6.18 Å². The summed E-state index contributed by atoms with van der Waals surface area (Å²) < 4.78 is 38.7. The van der Waals surface area contributed by atoms with Gasteiger partial charge in [0.2, 0.25) is 0 Å². The Hall–Kier alpha value is -1.01. The monoisotopic (exact) mass is 281 g/mol. The molecule has 1 N–H and O–H groups in total. The minimum absolute atomic E-state index is 0. The Bertz CT molecular complexity index is 403. The van der Waals surface area contributed by atoms with E-state index in [0.717, 1.165) is 6.07 Å². The number of anilines is 1. The molecule has 1 fully saturated rings. The molecule has 0 bridgehead atoms. The normalized spacial score (nSPS) is 16.3. The summed E-state index contributed by atoms with van der Waals surface area (Å²) in [6.45, 7) is 4.10. The molecule has 1 aliphatic heterocycles. The Labute approximate surface area is 110 Å². The van der Waals surface area contributed by atoms with Gasteiger partial charge in [0.05, 0.1) is 5.56 Å². The van der Waals surface area contributed by atoms with Gasteiger partial charge in [0.25, 0.3) is 0 Å². The van der Waals surface area contributed by atoms with Crippen molar-refractivity contribution in [2.45, 2.75) is 13.1 Å². The topological polar surface area (TPSA) is 28.2 Å². The molecule has 102 valence electrons. The number of nitrogens with zero attached hydrogens (tertiary/aromatic N) is 2. The highest BCUT2D eigenvalue weighted by Crippen LogP contribution is 2.35. The SMILES string of the molecule is Cc1cnc(N2CCNCC2)c(C(F)(F)F)c1.Cl. The van der Waals surface area contributed by atoms with Gasteiger partial charge in [0, 0.05) is 32.4 Å². The minimum Gasteiger partial charge on any atom is -0.354 e. The first kappa shape index (κ1) is 15.0. The van der Waals surface area contributed by atoms with E-state index in [9.17, 15) is 13.2 Å². The fraction of sp³-hybridized carbons (Fsp3) is 0.545. The smallest absolute Gasteiger partial charge is 0.354 e. The summed E-state index contributed by atoms with van der Waals surface area (Å²) >= 11 is 0. The van der Waals surface area contributed by atoms with E-state index in [2.05, 4.69) is 10.3 Å². The number of pyridine rings is 1. The van der Waals surface area contributed by atoms with Crippen LogP contribution >= 0.6 is 12.4 Å². The summed E-state index contributed by atoms with van der Waals surface area (Å²) in [5.74, 6) is 0.0459. The zero-order valence-electron chi connectivity index (χ0n) is 9.92. The van der Waals surface area contributed by atoms with Gasteiger partial charge in [-0.15, -0.1) is 12.4 Å². The number of halogens is 4. The van der Waals surface area contributed by atoms with E-state index in [-0.39, 0.29) is 18.2 Å². The molecule has 0 aromatic carbocycles. The fourth-order valence-electron chi connectivity index (χ4n) is 1.90. The van der Waals surface area contributed by atoms with Gasteiger partial charge in [0.1, 0.15) is 5.82 Å². The van der Waals surface area contributed by atoms with Crippen LogP contribution in [0.5, 0.6) is 0 Å². The molecule has 18 heavy (non-hydrogen) atoms. The van der Waals surface area contributed by atoms with Crippen LogP contribution in [0, 0.1) is 6.92 Å². The first-order chi connectivity index (χ1) is 7.98. The molecule has 3 nitrogen and oxygen atoms in total. The van der Waals surface area contributed by atoms with E-state index in [1.807, 2.05) is 0 Å². The second-order valence-corrected chi connectivity index (χ2v) is 4.12. The molecule has 0 radical (unpaired) electrons. The molecule has 0 saturated carbocycles. The van der Waals surface area contributed by atoms with Gasteiger partial charge in [0.15, 0.2) is 0 Å². The summed E-state index contributed by atoms with van der Waals surface area (Å²) in [6.07, 6.45) is -2.87. The Morgan fingerprint density at radius 1 is 1.28 bits per heavy atom. The van der Waals surface area contributed by atoms with E-state index in [1.165, 1.54) is 6.20 Å². The van der Waals surface area contributed by atoms with Crippen molar-refractivity contribution in [3.05, 3.63) is 23.4 Å². The standard InChI is InChI=1S/C11H14F3N3.ClH/c1-8-6-9(11(12,13)14)10(16-7-8)17-4-2-15-3-5-17;/h6-7,15H,2-5H2,1H3;1H. The van der Waals surface area contributed by atoms with Gasteiger partial charge in [-0.3, -0.25) is 0 Å². The molecule has 1 aliphatic rings. The number of nitrogens with one attached hydrogen (secondary N) is 1. The Balaban J connectivity index is 0.00000162. The summed E-state index contributed by atoms with van der Waals surface area (Å²) in [5, 5.41) is 3.10. The third-order valence-electron chi connectivity index (χ3n) is 2.73. The number of aryl methyl sites for hydroxylation is 1. The number of hydrogen-bond donors (Lipinski definition) is 1. The van der Waals surface area contributed by atoms with Gasteiger partial charge < -0.3 is 10.2 Å². The van der Waals surface area contributed by atoms with Crippen molar-refractivity contribution in [2.75, 3.05) is 31.1 Å². The van der Waals surface area contributed by atoms with Gasteiger partial charge in [-0.25, -0.2) is 4.98 Å². The molecule has 2 rings (SSSR count). The number of piperazine rings is 1. The molecule has 7 heteroatoms. The predicted molar refractivity (Wildman–Crippen MR) is 66.3 cm³/mol. The molecular formula is C11H15ClF3N3. The van der Waals surface area contributed by atoms with Crippen molar-refractivity contribution in [1.82, 2.24) is 10.3 Å². The van der Waals surface area contributed by atoms with Crippen LogP contribution in [-0.4, -0.2) is 31.2 Å². The summed E-state index contributed by atoms with van der Waals surface area (Å²) in [4.78, 5) is 5.63. The average Bonchev–Trinajstić information content (AvgIpc) is 2.29. The quantitative estimate of drug-likeness (QED) is 0.856. The number of alkyl halides is 3. The van der Waals surface area contributed by atoms with Crippen molar-refractivity contribution < 1.29 is 13.2 Å². The Morgan fingerprint density at radius 2 is 1.89 bits per heavy atom. The van der Waals surface area contributed by atoms with Gasteiger partial charge in [-0.2, -0.15) is 13.2 Å². The molecular weight excluding hydrogens is 267 g/mol. The van der Waals surface area contributed by atoms with E-state index < -0.39 is 11.7 Å². The molecule has 0 aliphatic carbocycles. The largest absolute Gasteiger partial charge is 0.419 e. The Kier molecular flexibility index (Phi) is 4.81. The van der Waals surface area contributed by atoms with Crippen molar-refractivity contribution >= 4 is 18.2 Å². The maximum absolute atomic E-state index is 12.9. The van der Waals surface area contributed by atoms with Crippen molar-refractivity contribution in [3.63, 3.8) is 0 Å². The maximum atomic E-state index is 12.9. The number of rotatable bonds is 1. The lowest BCUT2D eigenvalue weighted by molar-refractivity contribution is -0.137.